The van der Waals surface area contributed by atoms with Crippen molar-refractivity contribution < 1.29 is 9.84 Å². The van der Waals surface area contributed by atoms with Crippen LogP contribution in [-0.2, 0) is 4.74 Å². The Morgan fingerprint density at radius 1 is 1.06 bits per heavy atom. The molecule has 10 atom stereocenters. The monoisotopic (exact) mass is 426 g/mol. The van der Waals surface area contributed by atoms with Crippen molar-refractivity contribution in [2.45, 2.75) is 111 Å². The molecule has 1 unspecified atom stereocenters. The van der Waals surface area contributed by atoms with Crippen LogP contribution in [0.2, 0.25) is 0 Å². The molecule has 5 aliphatic rings. The molecule has 2 heteroatoms. The predicted octanol–water partition coefficient (Wildman–Crippen LogP) is 6.93. The quantitative estimate of drug-likeness (QED) is 0.390. The van der Waals surface area contributed by atoms with Gasteiger partial charge in [-0.3, -0.25) is 0 Å². The fourth-order valence-corrected chi connectivity index (χ4v) is 9.23. The molecule has 3 saturated carbocycles. The summed E-state index contributed by atoms with van der Waals surface area (Å²) in [5.41, 5.74) is 2.44. The van der Waals surface area contributed by atoms with Crippen molar-refractivity contribution in [3.63, 3.8) is 0 Å². The van der Waals surface area contributed by atoms with E-state index in [9.17, 15) is 5.11 Å². The average molecular weight is 427 g/mol. The van der Waals surface area contributed by atoms with Gasteiger partial charge in [-0.25, -0.2) is 0 Å². The number of epoxide rings is 1. The number of fused-ring (bicyclic) bond motifs is 5. The van der Waals surface area contributed by atoms with Gasteiger partial charge in [0.2, 0.25) is 0 Å². The van der Waals surface area contributed by atoms with Crippen LogP contribution in [0.25, 0.3) is 0 Å². The number of allylic oxidation sites excluding steroid dienone is 2. The van der Waals surface area contributed by atoms with Crippen LogP contribution in [-0.4, -0.2) is 22.9 Å². The Labute approximate surface area is 190 Å². The largest absolute Gasteiger partial charge is 0.393 e. The summed E-state index contributed by atoms with van der Waals surface area (Å²) in [5, 5.41) is 10.3. The minimum atomic E-state index is -0.0967. The van der Waals surface area contributed by atoms with Crippen LogP contribution in [0.5, 0.6) is 0 Å². The molecule has 2 nitrogen and oxygen atoms in total. The molecule has 0 aromatic heterocycles. The lowest BCUT2D eigenvalue weighted by atomic mass is 9.47. The van der Waals surface area contributed by atoms with Gasteiger partial charge in [-0.15, -0.1) is 0 Å². The first kappa shape index (κ1) is 22.2. The Bertz CT molecular complexity index is 767. The van der Waals surface area contributed by atoms with Gasteiger partial charge in [0.05, 0.1) is 12.2 Å². The number of rotatable bonds is 4. The van der Waals surface area contributed by atoms with Crippen LogP contribution >= 0.6 is 0 Å². The second kappa shape index (κ2) is 7.45. The van der Waals surface area contributed by atoms with E-state index in [0.717, 1.165) is 36.5 Å². The molecule has 0 aromatic carbocycles. The van der Waals surface area contributed by atoms with E-state index in [0.29, 0.717) is 28.8 Å². The second-order valence-electron chi connectivity index (χ2n) is 12.9. The van der Waals surface area contributed by atoms with Gasteiger partial charge in [-0.05, 0) is 105 Å². The summed E-state index contributed by atoms with van der Waals surface area (Å²) in [5.74, 6) is 4.56. The fraction of sp³-hybridized carbons (Fsp3) is 0.862. The van der Waals surface area contributed by atoms with E-state index in [2.05, 4.69) is 59.8 Å². The molecule has 174 valence electrons. The predicted molar refractivity (Wildman–Crippen MR) is 128 cm³/mol. The Morgan fingerprint density at radius 2 is 1.81 bits per heavy atom. The van der Waals surface area contributed by atoms with E-state index in [1.807, 2.05) is 0 Å². The minimum absolute atomic E-state index is 0.00443. The molecule has 0 amide bonds. The first-order chi connectivity index (χ1) is 14.6. The van der Waals surface area contributed by atoms with Gasteiger partial charge in [0.15, 0.2) is 0 Å². The molecule has 1 heterocycles. The zero-order chi connectivity index (χ0) is 22.2. The Balaban J connectivity index is 1.35. The van der Waals surface area contributed by atoms with Crippen molar-refractivity contribution in [3.05, 3.63) is 23.8 Å². The lowest BCUT2D eigenvalue weighted by molar-refractivity contribution is -0.0540. The van der Waals surface area contributed by atoms with Gasteiger partial charge in [-0.2, -0.15) is 0 Å². The van der Waals surface area contributed by atoms with Crippen LogP contribution in [0.3, 0.4) is 0 Å². The van der Waals surface area contributed by atoms with E-state index in [4.69, 9.17) is 4.74 Å². The van der Waals surface area contributed by atoms with Crippen LogP contribution in [0, 0.1) is 46.3 Å². The Morgan fingerprint density at radius 3 is 2.48 bits per heavy atom. The summed E-state index contributed by atoms with van der Waals surface area (Å²) in [6.07, 6.45) is 17.8. The zero-order valence-corrected chi connectivity index (χ0v) is 20.9. The lowest BCUT2D eigenvalue weighted by Crippen LogP contribution is -2.50. The van der Waals surface area contributed by atoms with E-state index in [1.165, 1.54) is 38.5 Å². The summed E-state index contributed by atoms with van der Waals surface area (Å²) in [4.78, 5) is 0. The highest BCUT2D eigenvalue weighted by atomic mass is 16.6. The summed E-state index contributed by atoms with van der Waals surface area (Å²) in [6.45, 7) is 14.5. The first-order valence-electron chi connectivity index (χ1n) is 13.4. The summed E-state index contributed by atoms with van der Waals surface area (Å²) in [6, 6.07) is 0. The summed E-state index contributed by atoms with van der Waals surface area (Å²) in [7, 11) is 0. The number of hydrogen-bond donors (Lipinski definition) is 1. The number of hydrogen-bond acceptors (Lipinski definition) is 2. The maximum absolute atomic E-state index is 10.3. The summed E-state index contributed by atoms with van der Waals surface area (Å²) < 4.78 is 6.04. The highest BCUT2D eigenvalue weighted by Crippen LogP contribution is 2.67. The SMILES string of the molecule is CC(C)[C@]1(/C=C/[C@@H](C)[C@H]2CC[C@H]3[C@@H]4CC=C5C[C@@H](O)CC[C@]5(C)[C@H]4CC[C@]23C)OC1C. The normalized spacial score (nSPS) is 52.5. The third kappa shape index (κ3) is 3.25. The highest BCUT2D eigenvalue weighted by molar-refractivity contribution is 5.26. The smallest absolute Gasteiger partial charge is 0.115 e. The van der Waals surface area contributed by atoms with Crippen molar-refractivity contribution in [1.82, 2.24) is 0 Å². The fourth-order valence-electron chi connectivity index (χ4n) is 9.23. The molecule has 4 fully saturated rings. The van der Waals surface area contributed by atoms with Gasteiger partial charge in [0, 0.05) is 0 Å². The molecular weight excluding hydrogens is 380 g/mol. The van der Waals surface area contributed by atoms with Gasteiger partial charge in [0.1, 0.15) is 5.60 Å². The van der Waals surface area contributed by atoms with Gasteiger partial charge >= 0.3 is 0 Å². The molecule has 4 aliphatic carbocycles. The standard InChI is InChI=1S/C29H46O2/c1-18(2)29(20(4)31-29)16-11-19(3)24-9-10-25-23-8-7-21-17-22(30)12-14-27(21,5)26(23)13-15-28(24,25)6/h7,11,16,18-20,22-26,30H,8-10,12-15,17H2,1-6H3/b16-11+/t19-,20?,22+,23+,24-,25+,26+,27+,28-,29+/m1/s1. The van der Waals surface area contributed by atoms with Crippen molar-refractivity contribution in [2.24, 2.45) is 46.3 Å². The molecule has 1 aliphatic heterocycles. The van der Waals surface area contributed by atoms with Crippen molar-refractivity contribution in [3.8, 4) is 0 Å². The molecule has 0 bridgehead atoms. The van der Waals surface area contributed by atoms with Crippen LogP contribution in [0.1, 0.15) is 92.9 Å². The zero-order valence-electron chi connectivity index (χ0n) is 20.9. The molecule has 0 radical (unpaired) electrons. The van der Waals surface area contributed by atoms with E-state index in [-0.39, 0.29) is 11.7 Å². The topological polar surface area (TPSA) is 32.8 Å². The molecule has 0 spiro atoms. The van der Waals surface area contributed by atoms with Crippen molar-refractivity contribution in [1.29, 1.82) is 0 Å². The third-order valence-electron chi connectivity index (χ3n) is 11.3. The lowest BCUT2D eigenvalue weighted by Gasteiger charge is -2.58. The van der Waals surface area contributed by atoms with Gasteiger partial charge in [0.25, 0.3) is 0 Å². The van der Waals surface area contributed by atoms with Gasteiger partial charge < -0.3 is 9.84 Å². The minimum Gasteiger partial charge on any atom is -0.393 e. The molecule has 1 N–H and O–H groups in total. The average Bonchev–Trinajstić information content (AvgIpc) is 3.25. The Kier molecular flexibility index (Phi) is 5.34. The summed E-state index contributed by atoms with van der Waals surface area (Å²) >= 11 is 0. The number of ether oxygens (including phenoxy) is 1. The van der Waals surface area contributed by atoms with Gasteiger partial charge in [-0.1, -0.05) is 58.4 Å². The van der Waals surface area contributed by atoms with E-state index < -0.39 is 0 Å². The third-order valence-corrected chi connectivity index (χ3v) is 11.3. The number of aliphatic hydroxyl groups is 1. The molecule has 31 heavy (non-hydrogen) atoms. The molecule has 5 rings (SSSR count). The second-order valence-corrected chi connectivity index (χ2v) is 12.9. The van der Waals surface area contributed by atoms with E-state index >= 15 is 0 Å². The molecule has 1 saturated heterocycles. The van der Waals surface area contributed by atoms with Crippen LogP contribution in [0.4, 0.5) is 0 Å². The van der Waals surface area contributed by atoms with Crippen LogP contribution < -0.4 is 0 Å². The van der Waals surface area contributed by atoms with Crippen molar-refractivity contribution >= 4 is 0 Å². The highest BCUT2D eigenvalue weighted by Gasteiger charge is 2.59. The Hall–Kier alpha value is -0.600. The van der Waals surface area contributed by atoms with E-state index in [1.54, 1.807) is 5.57 Å². The molecule has 0 aromatic rings. The molecular formula is C29H46O2. The maximum Gasteiger partial charge on any atom is 0.115 e. The number of aliphatic hydroxyl groups excluding tert-OH is 1. The van der Waals surface area contributed by atoms with Crippen molar-refractivity contribution in [2.75, 3.05) is 0 Å². The van der Waals surface area contributed by atoms with Crippen LogP contribution in [0.15, 0.2) is 23.8 Å². The first-order valence-corrected chi connectivity index (χ1v) is 13.4. The maximum atomic E-state index is 10.3.